The molecule has 0 saturated carbocycles. The number of carbonyl (C=O) groups is 2. The fourth-order valence-electron chi connectivity index (χ4n) is 2.50. The van der Waals surface area contributed by atoms with Gasteiger partial charge in [-0.05, 0) is 25.3 Å². The Kier molecular flexibility index (Phi) is 5.42. The number of hydrogen-bond donors (Lipinski definition) is 1. The molecule has 1 aromatic heterocycles. The molecule has 0 unspecified atom stereocenters. The summed E-state index contributed by atoms with van der Waals surface area (Å²) in [4.78, 5) is 26.5. The number of anilines is 2. The average molecular weight is 381 g/mol. The molecule has 6 nitrogen and oxygen atoms in total. The zero-order valence-corrected chi connectivity index (χ0v) is 15.6. The van der Waals surface area contributed by atoms with Crippen molar-refractivity contribution < 1.29 is 9.59 Å². The third-order valence-corrected chi connectivity index (χ3v) is 6.53. The maximum absolute atomic E-state index is 12.8. The van der Waals surface area contributed by atoms with Crippen molar-refractivity contribution in [3.8, 4) is 0 Å². The highest BCUT2D eigenvalue weighted by Gasteiger charge is 2.29. The molecule has 0 saturated heterocycles. The second kappa shape index (κ2) is 7.54. The van der Waals surface area contributed by atoms with E-state index in [-0.39, 0.29) is 30.0 Å². The molecule has 1 aliphatic rings. The Morgan fingerprint density at radius 1 is 1.38 bits per heavy atom. The van der Waals surface area contributed by atoms with Gasteiger partial charge >= 0.3 is 0 Å². The number of benzene rings is 1. The molecule has 0 radical (unpaired) electrons. The van der Waals surface area contributed by atoms with Crippen molar-refractivity contribution in [1.82, 2.24) is 10.2 Å². The summed E-state index contributed by atoms with van der Waals surface area (Å²) in [5.41, 5.74) is 1.41. The predicted octanol–water partition coefficient (Wildman–Crippen LogP) is 3.12. The van der Waals surface area contributed by atoms with Gasteiger partial charge in [-0.1, -0.05) is 47.0 Å². The van der Waals surface area contributed by atoms with Crippen LogP contribution in [0.3, 0.4) is 0 Å². The zero-order valence-electron chi connectivity index (χ0n) is 13.2. The van der Waals surface area contributed by atoms with Crippen LogP contribution in [0, 0.1) is 0 Å². The number of nitrogens with zero attached hydrogens (tertiary/aromatic N) is 3. The van der Waals surface area contributed by atoms with E-state index < -0.39 is 0 Å². The molecule has 1 aliphatic heterocycles. The van der Waals surface area contributed by atoms with E-state index in [1.807, 2.05) is 37.4 Å². The van der Waals surface area contributed by atoms with Gasteiger partial charge in [-0.2, -0.15) is 0 Å². The number of amides is 2. The zero-order chi connectivity index (χ0) is 17.1. The van der Waals surface area contributed by atoms with Crippen molar-refractivity contribution in [3.63, 3.8) is 0 Å². The molecule has 9 heteroatoms. The maximum Gasteiger partial charge on any atom is 0.237 e. The lowest BCUT2D eigenvalue weighted by atomic mass is 10.2. The van der Waals surface area contributed by atoms with E-state index in [0.29, 0.717) is 5.69 Å². The fraction of sp³-hybridized carbons (Fsp3) is 0.333. The SMILES string of the molecule is CSc1nnc(SCC(=O)N2c3ccccc3NC(=O)C[C@@H]2C)s1. The molecule has 24 heavy (non-hydrogen) atoms. The first-order chi connectivity index (χ1) is 11.6. The van der Waals surface area contributed by atoms with Crippen molar-refractivity contribution in [2.75, 3.05) is 22.2 Å². The van der Waals surface area contributed by atoms with Gasteiger partial charge in [-0.15, -0.1) is 10.2 Å². The molecule has 1 atom stereocenters. The number of hydrogen-bond acceptors (Lipinski definition) is 7. The molecular weight excluding hydrogens is 364 g/mol. The molecule has 2 amide bonds. The van der Waals surface area contributed by atoms with E-state index in [1.54, 1.807) is 4.90 Å². The largest absolute Gasteiger partial charge is 0.324 e. The van der Waals surface area contributed by atoms with Gasteiger partial charge in [0.25, 0.3) is 0 Å². The number of fused-ring (bicyclic) bond motifs is 1. The van der Waals surface area contributed by atoms with Gasteiger partial charge in [0.2, 0.25) is 11.8 Å². The second-order valence-corrected chi connectivity index (χ2v) is 8.46. The summed E-state index contributed by atoms with van der Waals surface area (Å²) in [6.07, 6.45) is 2.22. The Morgan fingerprint density at radius 3 is 2.88 bits per heavy atom. The Hall–Kier alpha value is -1.58. The van der Waals surface area contributed by atoms with Crippen molar-refractivity contribution in [1.29, 1.82) is 0 Å². The highest BCUT2D eigenvalue weighted by molar-refractivity contribution is 8.03. The smallest absolute Gasteiger partial charge is 0.237 e. The topological polar surface area (TPSA) is 75.2 Å². The van der Waals surface area contributed by atoms with Gasteiger partial charge in [-0.3, -0.25) is 9.59 Å². The van der Waals surface area contributed by atoms with Crippen LogP contribution in [0.15, 0.2) is 32.9 Å². The molecule has 2 heterocycles. The monoisotopic (exact) mass is 380 g/mol. The molecule has 0 fully saturated rings. The number of para-hydroxylation sites is 2. The van der Waals surface area contributed by atoms with Gasteiger partial charge in [0.15, 0.2) is 8.68 Å². The van der Waals surface area contributed by atoms with E-state index >= 15 is 0 Å². The standard InChI is InChI=1S/C15H16N4O2S3/c1-9-7-12(20)16-10-5-3-4-6-11(10)19(9)13(21)8-23-15-18-17-14(22-2)24-15/h3-6,9H,7-8H2,1-2H3,(H,16,20)/t9-/m0/s1. The van der Waals surface area contributed by atoms with Crippen LogP contribution in [0.5, 0.6) is 0 Å². The normalized spacial score (nSPS) is 17.2. The molecule has 1 aromatic carbocycles. The van der Waals surface area contributed by atoms with Crippen LogP contribution in [-0.2, 0) is 9.59 Å². The summed E-state index contributed by atoms with van der Waals surface area (Å²) in [5.74, 6) is 0.138. The molecule has 1 N–H and O–H groups in total. The van der Waals surface area contributed by atoms with Gasteiger partial charge in [0.1, 0.15) is 0 Å². The van der Waals surface area contributed by atoms with Gasteiger partial charge in [-0.25, -0.2) is 0 Å². The Labute approximate surface area is 152 Å². The maximum atomic E-state index is 12.8. The first kappa shape index (κ1) is 17.2. The third kappa shape index (κ3) is 3.73. The average Bonchev–Trinajstić information content (AvgIpc) is 2.97. The molecule has 126 valence electrons. The Morgan fingerprint density at radius 2 is 2.12 bits per heavy atom. The summed E-state index contributed by atoms with van der Waals surface area (Å²) in [7, 11) is 0. The minimum absolute atomic E-state index is 0.0441. The van der Waals surface area contributed by atoms with E-state index in [9.17, 15) is 9.59 Å². The van der Waals surface area contributed by atoms with Crippen LogP contribution in [0.1, 0.15) is 13.3 Å². The Balaban J connectivity index is 1.78. The number of thioether (sulfide) groups is 2. The van der Waals surface area contributed by atoms with E-state index in [1.165, 1.54) is 34.9 Å². The minimum Gasteiger partial charge on any atom is -0.324 e. The molecule has 0 aliphatic carbocycles. The van der Waals surface area contributed by atoms with Crippen LogP contribution in [0.4, 0.5) is 11.4 Å². The third-order valence-electron chi connectivity index (χ3n) is 3.51. The quantitative estimate of drug-likeness (QED) is 0.822. The molecule has 0 bridgehead atoms. The van der Waals surface area contributed by atoms with Crippen molar-refractivity contribution in [3.05, 3.63) is 24.3 Å². The summed E-state index contributed by atoms with van der Waals surface area (Å²) in [6, 6.07) is 7.19. The molecule has 2 aromatic rings. The van der Waals surface area contributed by atoms with E-state index in [0.717, 1.165) is 14.4 Å². The lowest BCUT2D eigenvalue weighted by Crippen LogP contribution is -2.40. The first-order valence-corrected chi connectivity index (χ1v) is 10.3. The number of aromatic nitrogens is 2. The lowest BCUT2D eigenvalue weighted by molar-refractivity contribution is -0.117. The summed E-state index contributed by atoms with van der Waals surface area (Å²) in [5, 5.41) is 11.0. The van der Waals surface area contributed by atoms with Crippen molar-refractivity contribution >= 4 is 58.0 Å². The van der Waals surface area contributed by atoms with Gasteiger partial charge < -0.3 is 10.2 Å². The van der Waals surface area contributed by atoms with E-state index in [2.05, 4.69) is 15.5 Å². The van der Waals surface area contributed by atoms with Crippen LogP contribution in [0.25, 0.3) is 0 Å². The predicted molar refractivity (Wildman–Crippen MR) is 99.1 cm³/mol. The van der Waals surface area contributed by atoms with Crippen LogP contribution in [-0.4, -0.2) is 40.1 Å². The van der Waals surface area contributed by atoms with Crippen LogP contribution < -0.4 is 10.2 Å². The van der Waals surface area contributed by atoms with Gasteiger partial charge in [0, 0.05) is 12.5 Å². The summed E-state index contributed by atoms with van der Waals surface area (Å²) < 4.78 is 1.66. The second-order valence-electron chi connectivity index (χ2n) is 5.21. The highest BCUT2D eigenvalue weighted by atomic mass is 32.2. The number of nitrogens with one attached hydrogen (secondary N) is 1. The van der Waals surface area contributed by atoms with Crippen molar-refractivity contribution in [2.45, 2.75) is 28.1 Å². The minimum atomic E-state index is -0.196. The van der Waals surface area contributed by atoms with Crippen LogP contribution in [0.2, 0.25) is 0 Å². The molecule has 0 spiro atoms. The number of rotatable bonds is 4. The number of carbonyl (C=O) groups excluding carboxylic acids is 2. The Bertz CT molecular complexity index is 765. The fourth-order valence-corrected chi connectivity index (χ4v) is 4.80. The first-order valence-electron chi connectivity index (χ1n) is 7.29. The summed E-state index contributed by atoms with van der Waals surface area (Å²) >= 11 is 4.39. The molecular formula is C15H16N4O2S3. The van der Waals surface area contributed by atoms with Crippen LogP contribution >= 0.6 is 34.9 Å². The van der Waals surface area contributed by atoms with E-state index in [4.69, 9.17) is 0 Å². The van der Waals surface area contributed by atoms with Crippen molar-refractivity contribution in [2.24, 2.45) is 0 Å². The van der Waals surface area contributed by atoms with Gasteiger partial charge in [0.05, 0.1) is 17.1 Å². The summed E-state index contributed by atoms with van der Waals surface area (Å²) in [6.45, 7) is 1.89. The lowest BCUT2D eigenvalue weighted by Gasteiger charge is -2.27. The highest BCUT2D eigenvalue weighted by Crippen LogP contribution is 2.33. The molecule has 3 rings (SSSR count).